The van der Waals surface area contributed by atoms with Gasteiger partial charge in [0.15, 0.2) is 0 Å². The molecule has 1 atom stereocenters. The van der Waals surface area contributed by atoms with Crippen molar-refractivity contribution < 1.29 is 0 Å². The van der Waals surface area contributed by atoms with Crippen molar-refractivity contribution in [1.82, 2.24) is 10.2 Å². The molecule has 0 bridgehead atoms. The minimum Gasteiger partial charge on any atom is -0.315 e. The van der Waals surface area contributed by atoms with Crippen LogP contribution in [0.15, 0.2) is 0 Å². The first kappa shape index (κ1) is 11.0. The third-order valence-corrected chi connectivity index (χ3v) is 3.02. The first-order chi connectivity index (χ1) is 6.25. The first-order valence-electron chi connectivity index (χ1n) is 5.72. The fourth-order valence-electron chi connectivity index (χ4n) is 2.33. The van der Waals surface area contributed by atoms with E-state index in [1.165, 1.54) is 38.9 Å². The lowest BCUT2D eigenvalue weighted by Gasteiger charge is -2.33. The van der Waals surface area contributed by atoms with Crippen LogP contribution < -0.4 is 5.32 Å². The average molecular weight is 184 g/mol. The molecule has 0 aromatic carbocycles. The molecule has 0 aliphatic carbocycles. The third kappa shape index (κ3) is 3.28. The minimum absolute atomic E-state index is 0.690. The lowest BCUT2D eigenvalue weighted by atomic mass is 10.1. The standard InChI is InChI=1S/C11H24N2/c1-4-13(10(2)3)11-7-5-6-8-12-9-11/h10-12H,4-9H2,1-3H3. The second-order valence-electron chi connectivity index (χ2n) is 4.28. The summed E-state index contributed by atoms with van der Waals surface area (Å²) in [6, 6.07) is 1.46. The Morgan fingerprint density at radius 2 is 2.15 bits per heavy atom. The summed E-state index contributed by atoms with van der Waals surface area (Å²) in [4.78, 5) is 2.61. The highest BCUT2D eigenvalue weighted by Crippen LogP contribution is 2.13. The predicted molar refractivity (Wildman–Crippen MR) is 58.0 cm³/mol. The van der Waals surface area contributed by atoms with Gasteiger partial charge in [-0.3, -0.25) is 4.90 Å². The summed E-state index contributed by atoms with van der Waals surface area (Å²) in [6.45, 7) is 10.5. The molecule has 13 heavy (non-hydrogen) atoms. The molecule has 2 nitrogen and oxygen atoms in total. The van der Waals surface area contributed by atoms with Crippen LogP contribution in [-0.4, -0.2) is 36.6 Å². The third-order valence-electron chi connectivity index (χ3n) is 3.02. The van der Waals surface area contributed by atoms with Gasteiger partial charge in [-0.15, -0.1) is 0 Å². The van der Waals surface area contributed by atoms with Crippen LogP contribution in [-0.2, 0) is 0 Å². The van der Waals surface area contributed by atoms with Crippen LogP contribution in [0.4, 0.5) is 0 Å². The molecular formula is C11H24N2. The van der Waals surface area contributed by atoms with E-state index in [1.54, 1.807) is 0 Å². The van der Waals surface area contributed by atoms with Crippen molar-refractivity contribution in [3.63, 3.8) is 0 Å². The second kappa shape index (κ2) is 5.61. The van der Waals surface area contributed by atoms with E-state index in [0.717, 1.165) is 6.04 Å². The lowest BCUT2D eigenvalue weighted by Crippen LogP contribution is -2.44. The number of nitrogens with one attached hydrogen (secondary N) is 1. The zero-order valence-electron chi connectivity index (χ0n) is 9.34. The molecule has 0 aromatic rings. The van der Waals surface area contributed by atoms with E-state index in [1.807, 2.05) is 0 Å². The summed E-state index contributed by atoms with van der Waals surface area (Å²) in [5.41, 5.74) is 0. The Hall–Kier alpha value is -0.0800. The summed E-state index contributed by atoms with van der Waals surface area (Å²) in [7, 11) is 0. The number of hydrogen-bond donors (Lipinski definition) is 1. The van der Waals surface area contributed by atoms with Gasteiger partial charge < -0.3 is 5.32 Å². The molecule has 0 radical (unpaired) electrons. The van der Waals surface area contributed by atoms with Crippen LogP contribution in [0, 0.1) is 0 Å². The van der Waals surface area contributed by atoms with Gasteiger partial charge in [0, 0.05) is 18.6 Å². The van der Waals surface area contributed by atoms with Gasteiger partial charge in [0.1, 0.15) is 0 Å². The number of nitrogens with zero attached hydrogens (tertiary/aromatic N) is 1. The van der Waals surface area contributed by atoms with E-state index in [9.17, 15) is 0 Å². The fraction of sp³-hybridized carbons (Fsp3) is 1.00. The van der Waals surface area contributed by atoms with Gasteiger partial charge in [-0.25, -0.2) is 0 Å². The Bertz CT molecular complexity index is 126. The molecule has 0 amide bonds. The summed E-state index contributed by atoms with van der Waals surface area (Å²) in [6.07, 6.45) is 4.12. The van der Waals surface area contributed by atoms with Gasteiger partial charge in [0.25, 0.3) is 0 Å². The highest BCUT2D eigenvalue weighted by Gasteiger charge is 2.20. The Labute approximate surface area is 82.7 Å². The SMILES string of the molecule is CCN(C(C)C)C1CCCCNC1. The second-order valence-corrected chi connectivity index (χ2v) is 4.28. The van der Waals surface area contributed by atoms with E-state index >= 15 is 0 Å². The molecule has 1 heterocycles. The predicted octanol–water partition coefficient (Wildman–Crippen LogP) is 1.86. The number of likely N-dealkylation sites (N-methyl/N-ethyl adjacent to an activating group) is 1. The van der Waals surface area contributed by atoms with Gasteiger partial charge in [-0.2, -0.15) is 0 Å². The maximum atomic E-state index is 3.53. The lowest BCUT2D eigenvalue weighted by molar-refractivity contribution is 0.155. The highest BCUT2D eigenvalue weighted by molar-refractivity contribution is 4.78. The molecule has 0 aromatic heterocycles. The summed E-state index contributed by atoms with van der Waals surface area (Å²) >= 11 is 0. The molecule has 0 saturated carbocycles. The summed E-state index contributed by atoms with van der Waals surface area (Å²) < 4.78 is 0. The average Bonchev–Trinajstić information content (AvgIpc) is 2.33. The Kier molecular flexibility index (Phi) is 4.74. The van der Waals surface area contributed by atoms with E-state index in [2.05, 4.69) is 31.0 Å². The molecule has 2 heteroatoms. The maximum Gasteiger partial charge on any atom is 0.0223 e. The minimum atomic E-state index is 0.690. The quantitative estimate of drug-likeness (QED) is 0.720. The van der Waals surface area contributed by atoms with Gasteiger partial charge in [0.05, 0.1) is 0 Å². The molecule has 1 N–H and O–H groups in total. The molecule has 1 aliphatic rings. The van der Waals surface area contributed by atoms with Crippen LogP contribution in [0.5, 0.6) is 0 Å². The molecule has 1 unspecified atom stereocenters. The monoisotopic (exact) mass is 184 g/mol. The van der Waals surface area contributed by atoms with Crippen molar-refractivity contribution in [2.75, 3.05) is 19.6 Å². The molecule has 0 spiro atoms. The van der Waals surface area contributed by atoms with Crippen molar-refractivity contribution in [2.24, 2.45) is 0 Å². The van der Waals surface area contributed by atoms with E-state index < -0.39 is 0 Å². The largest absolute Gasteiger partial charge is 0.315 e. The Morgan fingerprint density at radius 1 is 1.38 bits per heavy atom. The zero-order chi connectivity index (χ0) is 9.68. The Balaban J connectivity index is 2.45. The van der Waals surface area contributed by atoms with Crippen LogP contribution in [0.2, 0.25) is 0 Å². The van der Waals surface area contributed by atoms with E-state index in [0.29, 0.717) is 6.04 Å². The van der Waals surface area contributed by atoms with Gasteiger partial charge >= 0.3 is 0 Å². The molecule has 78 valence electrons. The summed E-state index contributed by atoms with van der Waals surface area (Å²) in [5, 5.41) is 3.53. The van der Waals surface area contributed by atoms with Gasteiger partial charge in [0.2, 0.25) is 0 Å². The number of rotatable bonds is 3. The molecule has 1 fully saturated rings. The first-order valence-corrected chi connectivity index (χ1v) is 5.72. The maximum absolute atomic E-state index is 3.53. The Morgan fingerprint density at radius 3 is 2.77 bits per heavy atom. The normalized spacial score (nSPS) is 25.2. The topological polar surface area (TPSA) is 15.3 Å². The van der Waals surface area contributed by atoms with E-state index in [-0.39, 0.29) is 0 Å². The van der Waals surface area contributed by atoms with Crippen LogP contribution in [0.25, 0.3) is 0 Å². The summed E-state index contributed by atoms with van der Waals surface area (Å²) in [5.74, 6) is 0. The van der Waals surface area contributed by atoms with Crippen molar-refractivity contribution in [2.45, 2.75) is 52.1 Å². The van der Waals surface area contributed by atoms with E-state index in [4.69, 9.17) is 0 Å². The highest BCUT2D eigenvalue weighted by atomic mass is 15.2. The fourth-order valence-corrected chi connectivity index (χ4v) is 2.33. The van der Waals surface area contributed by atoms with Crippen molar-refractivity contribution in [3.8, 4) is 0 Å². The molecule has 1 saturated heterocycles. The van der Waals surface area contributed by atoms with Crippen LogP contribution >= 0.6 is 0 Å². The van der Waals surface area contributed by atoms with Gasteiger partial charge in [-0.05, 0) is 39.8 Å². The molecule has 1 aliphatic heterocycles. The number of hydrogen-bond acceptors (Lipinski definition) is 2. The van der Waals surface area contributed by atoms with Crippen molar-refractivity contribution in [3.05, 3.63) is 0 Å². The zero-order valence-corrected chi connectivity index (χ0v) is 9.34. The van der Waals surface area contributed by atoms with Crippen LogP contribution in [0.1, 0.15) is 40.0 Å². The van der Waals surface area contributed by atoms with Crippen LogP contribution in [0.3, 0.4) is 0 Å². The molecular weight excluding hydrogens is 160 g/mol. The van der Waals surface area contributed by atoms with Crippen molar-refractivity contribution >= 4 is 0 Å². The van der Waals surface area contributed by atoms with Crippen molar-refractivity contribution in [1.29, 1.82) is 0 Å². The molecule has 1 rings (SSSR count). The smallest absolute Gasteiger partial charge is 0.0223 e. The van der Waals surface area contributed by atoms with Gasteiger partial charge in [-0.1, -0.05) is 13.3 Å².